The summed E-state index contributed by atoms with van der Waals surface area (Å²) < 4.78 is 106. The van der Waals surface area contributed by atoms with Gasteiger partial charge in [-0.05, 0) is 48.9 Å². The van der Waals surface area contributed by atoms with E-state index in [2.05, 4.69) is 9.71 Å². The summed E-state index contributed by atoms with van der Waals surface area (Å²) in [6.07, 6.45) is -2.93. The number of benzene rings is 2. The van der Waals surface area contributed by atoms with Crippen molar-refractivity contribution in [3.05, 3.63) is 77.9 Å². The van der Waals surface area contributed by atoms with E-state index in [9.17, 15) is 34.4 Å². The van der Waals surface area contributed by atoms with Gasteiger partial charge in [0.2, 0.25) is 0 Å². The Bertz CT molecular complexity index is 1380. The fourth-order valence-electron chi connectivity index (χ4n) is 2.59. The van der Waals surface area contributed by atoms with Crippen molar-refractivity contribution in [2.75, 3.05) is 9.44 Å². The molecule has 0 bridgehead atoms. The van der Waals surface area contributed by atoms with Crippen molar-refractivity contribution < 1.29 is 34.4 Å². The zero-order valence-corrected chi connectivity index (χ0v) is 17.8. The van der Waals surface area contributed by atoms with Crippen LogP contribution in [0.3, 0.4) is 0 Å². The molecule has 7 nitrogen and oxygen atoms in total. The highest BCUT2D eigenvalue weighted by atomic mass is 32.2. The molecule has 3 rings (SSSR count). The standard InChI is InChI=1S/C19H15F4N3O4S2/c1-12-5-6-16(9-18(12)26-32(29,30)17-8-14(20)10-24-11-17)31(27,28)25-15-4-2-3-13(7-15)19(21,22)23/h2-11,25-26H,1H3. The van der Waals surface area contributed by atoms with Crippen LogP contribution in [0.4, 0.5) is 28.9 Å². The van der Waals surface area contributed by atoms with Gasteiger partial charge in [0, 0.05) is 11.9 Å². The number of halogens is 4. The maximum atomic E-state index is 13.3. The van der Waals surface area contributed by atoms with E-state index < -0.39 is 47.4 Å². The number of pyridine rings is 1. The van der Waals surface area contributed by atoms with Gasteiger partial charge in [0.1, 0.15) is 10.7 Å². The van der Waals surface area contributed by atoms with Gasteiger partial charge in [0.25, 0.3) is 20.0 Å². The van der Waals surface area contributed by atoms with Gasteiger partial charge < -0.3 is 0 Å². The van der Waals surface area contributed by atoms with E-state index in [1.807, 2.05) is 4.72 Å². The van der Waals surface area contributed by atoms with Crippen molar-refractivity contribution in [3.8, 4) is 0 Å². The Morgan fingerprint density at radius 2 is 1.53 bits per heavy atom. The lowest BCUT2D eigenvalue weighted by molar-refractivity contribution is -0.137. The van der Waals surface area contributed by atoms with Gasteiger partial charge in [-0.1, -0.05) is 12.1 Å². The maximum absolute atomic E-state index is 13.3. The minimum Gasteiger partial charge on any atom is -0.280 e. The van der Waals surface area contributed by atoms with Crippen molar-refractivity contribution >= 4 is 31.4 Å². The van der Waals surface area contributed by atoms with Gasteiger partial charge in [0.15, 0.2) is 0 Å². The van der Waals surface area contributed by atoms with Crippen LogP contribution in [-0.2, 0) is 26.2 Å². The third kappa shape index (κ3) is 5.34. The van der Waals surface area contributed by atoms with Crippen LogP contribution in [-0.4, -0.2) is 21.8 Å². The Morgan fingerprint density at radius 3 is 2.19 bits per heavy atom. The Labute approximate surface area is 181 Å². The molecule has 0 saturated carbocycles. The van der Waals surface area contributed by atoms with Crippen LogP contribution in [0.5, 0.6) is 0 Å². The molecule has 0 saturated heterocycles. The molecule has 2 aromatic carbocycles. The lowest BCUT2D eigenvalue weighted by atomic mass is 10.2. The minimum absolute atomic E-state index is 0.124. The molecule has 32 heavy (non-hydrogen) atoms. The third-order valence-corrected chi connectivity index (χ3v) is 6.91. The predicted octanol–water partition coefficient (Wildman–Crippen LogP) is 4.15. The van der Waals surface area contributed by atoms with Crippen LogP contribution in [0.25, 0.3) is 0 Å². The second-order valence-corrected chi connectivity index (χ2v) is 9.97. The first-order chi connectivity index (χ1) is 14.8. The number of nitrogens with zero attached hydrogens (tertiary/aromatic N) is 1. The van der Waals surface area contributed by atoms with E-state index in [0.29, 0.717) is 11.6 Å². The summed E-state index contributed by atoms with van der Waals surface area (Å²) in [6, 6.07) is 7.80. The fraction of sp³-hybridized carbons (Fsp3) is 0.105. The van der Waals surface area contributed by atoms with Crippen LogP contribution >= 0.6 is 0 Å². The second kappa shape index (κ2) is 8.39. The maximum Gasteiger partial charge on any atom is 0.416 e. The van der Waals surface area contributed by atoms with E-state index in [1.54, 1.807) is 0 Å². The molecule has 0 aliphatic rings. The summed E-state index contributed by atoms with van der Waals surface area (Å²) in [5.41, 5.74) is -1.15. The van der Waals surface area contributed by atoms with E-state index in [-0.39, 0.29) is 11.4 Å². The lowest BCUT2D eigenvalue weighted by Crippen LogP contribution is -2.17. The van der Waals surface area contributed by atoms with Crippen LogP contribution in [0.1, 0.15) is 11.1 Å². The van der Waals surface area contributed by atoms with Crippen LogP contribution in [0, 0.1) is 12.7 Å². The Morgan fingerprint density at radius 1 is 0.844 bits per heavy atom. The molecule has 1 heterocycles. The molecule has 170 valence electrons. The van der Waals surface area contributed by atoms with Crippen molar-refractivity contribution in [2.45, 2.75) is 22.9 Å². The van der Waals surface area contributed by atoms with Crippen molar-refractivity contribution in [3.63, 3.8) is 0 Å². The number of sulfonamides is 2. The van der Waals surface area contributed by atoms with Crippen LogP contribution in [0.2, 0.25) is 0 Å². The minimum atomic E-state index is -4.66. The highest BCUT2D eigenvalue weighted by molar-refractivity contribution is 7.93. The summed E-state index contributed by atoms with van der Waals surface area (Å²) >= 11 is 0. The molecule has 0 aliphatic carbocycles. The second-order valence-electron chi connectivity index (χ2n) is 6.61. The molecule has 0 fully saturated rings. The predicted molar refractivity (Wildman–Crippen MR) is 108 cm³/mol. The molecule has 0 aliphatic heterocycles. The number of nitrogens with one attached hydrogen (secondary N) is 2. The van der Waals surface area contributed by atoms with Crippen molar-refractivity contribution in [1.82, 2.24) is 4.98 Å². The largest absolute Gasteiger partial charge is 0.416 e. The van der Waals surface area contributed by atoms with Crippen LogP contribution < -0.4 is 9.44 Å². The number of hydrogen-bond acceptors (Lipinski definition) is 5. The number of alkyl halides is 3. The molecular weight excluding hydrogens is 474 g/mol. The monoisotopic (exact) mass is 489 g/mol. The summed E-state index contributed by atoms with van der Waals surface area (Å²) in [5.74, 6) is -0.883. The van der Waals surface area contributed by atoms with Gasteiger partial charge in [-0.3, -0.25) is 14.4 Å². The molecule has 13 heteroatoms. The molecule has 0 unspecified atom stereocenters. The summed E-state index contributed by atoms with van der Waals surface area (Å²) in [4.78, 5) is 2.58. The Kier molecular flexibility index (Phi) is 6.15. The molecule has 0 atom stereocenters. The zero-order valence-electron chi connectivity index (χ0n) is 16.2. The van der Waals surface area contributed by atoms with Crippen LogP contribution in [0.15, 0.2) is 70.7 Å². The first kappa shape index (κ1) is 23.5. The van der Waals surface area contributed by atoms with E-state index in [4.69, 9.17) is 0 Å². The average molecular weight is 489 g/mol. The topological polar surface area (TPSA) is 105 Å². The van der Waals surface area contributed by atoms with Crippen molar-refractivity contribution in [1.29, 1.82) is 0 Å². The summed E-state index contributed by atoms with van der Waals surface area (Å²) in [5, 5.41) is 0. The van der Waals surface area contributed by atoms with E-state index in [1.165, 1.54) is 13.0 Å². The van der Waals surface area contributed by atoms with Gasteiger partial charge in [-0.25, -0.2) is 21.2 Å². The Balaban J connectivity index is 1.92. The number of anilines is 2. The molecule has 3 aromatic rings. The number of aryl methyl sites for hydroxylation is 1. The molecule has 1 aromatic heterocycles. The third-order valence-electron chi connectivity index (χ3n) is 4.20. The van der Waals surface area contributed by atoms with E-state index >= 15 is 0 Å². The highest BCUT2D eigenvalue weighted by Gasteiger charge is 2.31. The molecule has 0 spiro atoms. The van der Waals surface area contributed by atoms with Gasteiger partial charge in [-0.15, -0.1) is 0 Å². The summed E-state index contributed by atoms with van der Waals surface area (Å²) in [6.45, 7) is 1.50. The lowest BCUT2D eigenvalue weighted by Gasteiger charge is -2.14. The van der Waals surface area contributed by atoms with Crippen molar-refractivity contribution in [2.24, 2.45) is 0 Å². The molecular formula is C19H15F4N3O4S2. The SMILES string of the molecule is Cc1ccc(S(=O)(=O)Nc2cccc(C(F)(F)F)c2)cc1NS(=O)(=O)c1cncc(F)c1. The highest BCUT2D eigenvalue weighted by Crippen LogP contribution is 2.31. The zero-order chi connectivity index (χ0) is 23.7. The molecule has 0 radical (unpaired) electrons. The van der Waals surface area contributed by atoms with Gasteiger partial charge in [0.05, 0.1) is 22.3 Å². The number of hydrogen-bond donors (Lipinski definition) is 2. The molecule has 2 N–H and O–H groups in total. The smallest absolute Gasteiger partial charge is 0.280 e. The van der Waals surface area contributed by atoms with Gasteiger partial charge in [-0.2, -0.15) is 13.2 Å². The fourth-order valence-corrected chi connectivity index (χ4v) is 4.76. The first-order valence-electron chi connectivity index (χ1n) is 8.72. The average Bonchev–Trinajstić information content (AvgIpc) is 2.68. The quantitative estimate of drug-likeness (QED) is 0.506. The van der Waals surface area contributed by atoms with E-state index in [0.717, 1.165) is 48.8 Å². The first-order valence-corrected chi connectivity index (χ1v) is 11.7. The summed E-state index contributed by atoms with van der Waals surface area (Å²) in [7, 11) is -8.66. The Hall–Kier alpha value is -3.19. The molecule has 0 amide bonds. The van der Waals surface area contributed by atoms with Gasteiger partial charge >= 0.3 is 6.18 Å². The normalized spacial score (nSPS) is 12.4. The number of rotatable bonds is 6. The number of aromatic nitrogens is 1.